The van der Waals surface area contributed by atoms with Crippen LogP contribution in [0.2, 0.25) is 0 Å². The second-order valence-corrected chi connectivity index (χ2v) is 9.75. The van der Waals surface area contributed by atoms with Crippen molar-refractivity contribution in [3.05, 3.63) is 42.6 Å². The Kier molecular flexibility index (Phi) is 6.19. The number of fused-ring (bicyclic) bond motifs is 1. The normalized spacial score (nSPS) is 11.4. The maximum atomic E-state index is 13.4. The van der Waals surface area contributed by atoms with Crippen LogP contribution in [0.15, 0.2) is 37.1 Å². The molecule has 4 rings (SSSR count). The number of pyridine rings is 2. The highest BCUT2D eigenvalue weighted by Crippen LogP contribution is 2.23. The zero-order valence-corrected chi connectivity index (χ0v) is 21.1. The SMILES string of the molecule is Bc1c(B)c(C(=O)Nc2cc3cc(-c4cncn4C)ncc3cn2)c(B)c(B)c1OC(B)(B)B. The van der Waals surface area contributed by atoms with E-state index < -0.39 is 0 Å². The van der Waals surface area contributed by atoms with E-state index in [-0.39, 0.29) is 11.2 Å². The third kappa shape index (κ3) is 4.54. The third-order valence-electron chi connectivity index (χ3n) is 6.12. The fourth-order valence-electron chi connectivity index (χ4n) is 4.11. The fraction of sp³-hybridized carbons (Fsp3) is 0.100. The number of rotatable bonds is 5. The number of anilines is 1. The molecule has 0 atom stereocenters. The Morgan fingerprint density at radius 3 is 2.18 bits per heavy atom. The van der Waals surface area contributed by atoms with Gasteiger partial charge in [0.15, 0.2) is 0 Å². The summed E-state index contributed by atoms with van der Waals surface area (Å²) in [5, 5.41) is 4.50. The first-order chi connectivity index (χ1) is 16.0. The molecule has 14 heteroatoms. The molecule has 0 saturated carbocycles. The molecule has 4 aromatic rings. The number of nitrogens with zero attached hydrogens (tertiary/aromatic N) is 4. The van der Waals surface area contributed by atoms with Crippen molar-refractivity contribution in [3.8, 4) is 17.1 Å². The van der Waals surface area contributed by atoms with E-state index in [1.165, 1.54) is 0 Å². The van der Waals surface area contributed by atoms with Crippen molar-refractivity contribution in [3.63, 3.8) is 0 Å². The van der Waals surface area contributed by atoms with Gasteiger partial charge in [-0.2, -0.15) is 0 Å². The maximum Gasteiger partial charge on any atom is 0.255 e. The van der Waals surface area contributed by atoms with E-state index in [9.17, 15) is 4.79 Å². The highest BCUT2D eigenvalue weighted by atomic mass is 16.5. The number of hydrogen-bond acceptors (Lipinski definition) is 5. The number of aromatic nitrogens is 4. The zero-order chi connectivity index (χ0) is 24.8. The number of carbonyl (C=O) groups is 1. The van der Waals surface area contributed by atoms with Crippen molar-refractivity contribution in [2.45, 2.75) is 5.30 Å². The predicted octanol–water partition coefficient (Wildman–Crippen LogP) is -6.79. The second kappa shape index (κ2) is 8.82. The van der Waals surface area contributed by atoms with Gasteiger partial charge < -0.3 is 14.6 Å². The van der Waals surface area contributed by atoms with Crippen molar-refractivity contribution in [2.75, 3.05) is 5.32 Å². The lowest BCUT2D eigenvalue weighted by molar-refractivity contribution is 0.102. The van der Waals surface area contributed by atoms with Gasteiger partial charge in [-0.05, 0) is 17.5 Å². The molecule has 0 radical (unpaired) electrons. The van der Waals surface area contributed by atoms with Gasteiger partial charge in [0.2, 0.25) is 0 Å². The molecule has 7 nitrogen and oxygen atoms in total. The lowest BCUT2D eigenvalue weighted by atomic mass is 9.52. The standard InChI is InChI=1S/C20H24B7N5O2/c1-32-7-28-6-11(32)10-2-8-3-12(30-5-9(8)4-29-10)31-19(33)13-14(21)16(23)18(17(24)15(13)22)34-20(25,26)27/h2-7H,21-27H2,1H3,(H,30,31,33). The molecule has 3 heterocycles. The largest absolute Gasteiger partial charge is 0.515 e. The Balaban J connectivity index is 1.68. The minimum absolute atomic E-state index is 0.184. The lowest BCUT2D eigenvalue weighted by Gasteiger charge is -2.28. The van der Waals surface area contributed by atoms with Crippen molar-refractivity contribution >= 4 is 99.3 Å². The van der Waals surface area contributed by atoms with E-state index in [1.54, 1.807) is 24.9 Å². The minimum Gasteiger partial charge on any atom is -0.515 e. The van der Waals surface area contributed by atoms with Crippen LogP contribution in [-0.4, -0.2) is 85.6 Å². The highest BCUT2D eigenvalue weighted by molar-refractivity contribution is 6.62. The molecule has 0 fully saturated rings. The van der Waals surface area contributed by atoms with Crippen LogP contribution in [0, 0.1) is 0 Å². The van der Waals surface area contributed by atoms with Gasteiger partial charge in [-0.15, -0.1) is 0 Å². The summed E-state index contributed by atoms with van der Waals surface area (Å²) in [5.41, 5.74) is 6.14. The van der Waals surface area contributed by atoms with Gasteiger partial charge in [0.25, 0.3) is 5.91 Å². The van der Waals surface area contributed by atoms with Gasteiger partial charge in [0, 0.05) is 35.7 Å². The molecule has 1 N–H and O–H groups in total. The van der Waals surface area contributed by atoms with Crippen molar-refractivity contribution < 1.29 is 9.53 Å². The molecule has 0 saturated heterocycles. The summed E-state index contributed by atoms with van der Waals surface area (Å²) in [6.07, 6.45) is 7.03. The summed E-state index contributed by atoms with van der Waals surface area (Å²) in [7, 11) is 15.9. The zero-order valence-electron chi connectivity index (χ0n) is 21.1. The number of benzene rings is 1. The monoisotopic (exact) mass is 443 g/mol. The molecule has 1 aromatic carbocycles. The number of amides is 1. The van der Waals surface area contributed by atoms with Crippen molar-refractivity contribution in [1.82, 2.24) is 19.5 Å². The molecule has 0 spiro atoms. The minimum atomic E-state index is -0.323. The molecular weight excluding hydrogens is 418 g/mol. The molecule has 0 aliphatic carbocycles. The number of imidazole rings is 1. The van der Waals surface area contributed by atoms with Crippen LogP contribution in [0.5, 0.6) is 5.75 Å². The first kappa shape index (κ1) is 23.9. The summed E-state index contributed by atoms with van der Waals surface area (Å²) in [6.45, 7) is 0. The maximum absolute atomic E-state index is 13.4. The molecule has 162 valence electrons. The van der Waals surface area contributed by atoms with Gasteiger partial charge in [0.1, 0.15) is 66.5 Å². The molecule has 0 aliphatic rings. The average Bonchev–Trinajstić information content (AvgIpc) is 3.20. The second-order valence-electron chi connectivity index (χ2n) is 9.75. The Morgan fingerprint density at radius 2 is 1.59 bits per heavy atom. The van der Waals surface area contributed by atoms with Crippen LogP contribution < -0.4 is 31.9 Å². The summed E-state index contributed by atoms with van der Waals surface area (Å²) < 4.78 is 8.14. The van der Waals surface area contributed by atoms with Gasteiger partial charge in [-0.25, -0.2) is 9.97 Å². The Bertz CT molecular complexity index is 1410. The van der Waals surface area contributed by atoms with Crippen LogP contribution in [0.25, 0.3) is 22.2 Å². The van der Waals surface area contributed by atoms with Crippen LogP contribution >= 0.6 is 0 Å². The number of ether oxygens (including phenoxy) is 1. The summed E-state index contributed by atoms with van der Waals surface area (Å²) >= 11 is 0. The Morgan fingerprint density at radius 1 is 0.941 bits per heavy atom. The molecule has 1 amide bonds. The molecule has 0 aliphatic heterocycles. The fourth-order valence-corrected chi connectivity index (χ4v) is 4.11. The number of nitrogens with one attached hydrogen (secondary N) is 1. The van der Waals surface area contributed by atoms with Gasteiger partial charge in [-0.1, -0.05) is 21.9 Å². The van der Waals surface area contributed by atoms with E-state index in [2.05, 4.69) is 20.3 Å². The first-order valence-corrected chi connectivity index (χ1v) is 11.3. The van der Waals surface area contributed by atoms with Crippen LogP contribution in [0.1, 0.15) is 10.4 Å². The van der Waals surface area contributed by atoms with Gasteiger partial charge >= 0.3 is 0 Å². The van der Waals surface area contributed by atoms with Crippen LogP contribution in [-0.2, 0) is 7.05 Å². The quantitative estimate of drug-likeness (QED) is 0.311. The molecule has 34 heavy (non-hydrogen) atoms. The summed E-state index contributed by atoms with van der Waals surface area (Å²) in [5.74, 6) is 1.15. The van der Waals surface area contributed by atoms with E-state index in [4.69, 9.17) is 4.74 Å². The first-order valence-electron chi connectivity index (χ1n) is 11.3. The lowest BCUT2D eigenvalue weighted by Crippen LogP contribution is -2.51. The van der Waals surface area contributed by atoms with Crippen LogP contribution in [0.4, 0.5) is 5.82 Å². The highest BCUT2D eigenvalue weighted by Gasteiger charge is 2.23. The van der Waals surface area contributed by atoms with Gasteiger partial charge in [0.05, 0.1) is 23.9 Å². The van der Waals surface area contributed by atoms with E-state index in [0.29, 0.717) is 11.4 Å². The van der Waals surface area contributed by atoms with E-state index >= 15 is 0 Å². The molecule has 3 aromatic heterocycles. The van der Waals surface area contributed by atoms with Crippen molar-refractivity contribution in [2.24, 2.45) is 7.05 Å². The van der Waals surface area contributed by atoms with Crippen LogP contribution in [0.3, 0.4) is 0 Å². The molecular formula is C20H24B7N5O2. The summed E-state index contributed by atoms with van der Waals surface area (Å²) in [4.78, 5) is 26.5. The average molecular weight is 442 g/mol. The van der Waals surface area contributed by atoms with E-state index in [1.807, 2.05) is 78.7 Å². The predicted molar refractivity (Wildman–Crippen MR) is 158 cm³/mol. The Hall–Kier alpha value is -3.29. The molecule has 0 bridgehead atoms. The summed E-state index contributed by atoms with van der Waals surface area (Å²) in [6, 6.07) is 3.85. The number of carbonyl (C=O) groups excluding carboxylic acids is 1. The van der Waals surface area contributed by atoms with E-state index in [0.717, 1.165) is 49.8 Å². The van der Waals surface area contributed by atoms with Crippen molar-refractivity contribution in [1.29, 1.82) is 0 Å². The number of hydrogen-bond donors (Lipinski definition) is 1. The molecule has 0 unspecified atom stereocenters. The topological polar surface area (TPSA) is 81.9 Å². The number of aryl methyl sites for hydroxylation is 1. The smallest absolute Gasteiger partial charge is 0.255 e. The third-order valence-corrected chi connectivity index (χ3v) is 6.12. The Labute approximate surface area is 205 Å². The van der Waals surface area contributed by atoms with Gasteiger partial charge in [-0.3, -0.25) is 9.78 Å².